The average Bonchev–Trinajstić information content (AvgIpc) is 2.48. The standard InChI is InChI=1S/C16H25FN2O2/c1-2-3-12-21-13-6-10-18-16(20)19-11-9-14-7-4-5-8-15(14)17/h4-5,7-8H,2-3,6,9-13H2,1H3,(H2,18,19,20). The van der Waals surface area contributed by atoms with Crippen LogP contribution in [0.1, 0.15) is 31.7 Å². The number of rotatable bonds is 10. The van der Waals surface area contributed by atoms with Gasteiger partial charge in [-0.15, -0.1) is 0 Å². The highest BCUT2D eigenvalue weighted by atomic mass is 19.1. The maximum absolute atomic E-state index is 13.3. The lowest BCUT2D eigenvalue weighted by molar-refractivity contribution is 0.129. The molecule has 2 amide bonds. The minimum Gasteiger partial charge on any atom is -0.381 e. The molecule has 0 heterocycles. The van der Waals surface area contributed by atoms with E-state index in [9.17, 15) is 9.18 Å². The summed E-state index contributed by atoms with van der Waals surface area (Å²) in [5.74, 6) is -0.232. The van der Waals surface area contributed by atoms with Crippen molar-refractivity contribution < 1.29 is 13.9 Å². The summed E-state index contributed by atoms with van der Waals surface area (Å²) < 4.78 is 18.7. The van der Waals surface area contributed by atoms with Crippen molar-refractivity contribution in [1.82, 2.24) is 10.6 Å². The first-order valence-corrected chi connectivity index (χ1v) is 7.57. The van der Waals surface area contributed by atoms with Crippen LogP contribution < -0.4 is 10.6 Å². The maximum Gasteiger partial charge on any atom is 0.314 e. The molecule has 0 spiro atoms. The Labute approximate surface area is 126 Å². The molecule has 0 unspecified atom stereocenters. The van der Waals surface area contributed by atoms with E-state index in [0.717, 1.165) is 25.9 Å². The molecule has 0 aliphatic carbocycles. The second-order valence-electron chi connectivity index (χ2n) is 4.84. The molecule has 0 atom stereocenters. The van der Waals surface area contributed by atoms with Gasteiger partial charge in [-0.25, -0.2) is 9.18 Å². The van der Waals surface area contributed by atoms with Crippen LogP contribution in [0.3, 0.4) is 0 Å². The highest BCUT2D eigenvalue weighted by molar-refractivity contribution is 5.73. The second kappa shape index (κ2) is 11.1. The first kappa shape index (κ1) is 17.4. The summed E-state index contributed by atoms with van der Waals surface area (Å²) >= 11 is 0. The summed E-state index contributed by atoms with van der Waals surface area (Å²) in [6.07, 6.45) is 3.48. The van der Waals surface area contributed by atoms with Gasteiger partial charge in [0.15, 0.2) is 0 Å². The van der Waals surface area contributed by atoms with Crippen molar-refractivity contribution in [1.29, 1.82) is 0 Å². The van der Waals surface area contributed by atoms with Crippen LogP contribution in [0.2, 0.25) is 0 Å². The average molecular weight is 296 g/mol. The van der Waals surface area contributed by atoms with E-state index in [0.29, 0.717) is 31.7 Å². The van der Waals surface area contributed by atoms with E-state index >= 15 is 0 Å². The second-order valence-corrected chi connectivity index (χ2v) is 4.84. The molecule has 0 bridgehead atoms. The zero-order valence-electron chi connectivity index (χ0n) is 12.7. The minimum absolute atomic E-state index is 0.222. The molecule has 0 saturated heterocycles. The first-order valence-electron chi connectivity index (χ1n) is 7.57. The number of urea groups is 1. The van der Waals surface area contributed by atoms with E-state index in [1.54, 1.807) is 18.2 Å². The summed E-state index contributed by atoms with van der Waals surface area (Å²) in [4.78, 5) is 11.5. The van der Waals surface area contributed by atoms with E-state index in [-0.39, 0.29) is 11.8 Å². The third-order valence-corrected chi connectivity index (χ3v) is 3.03. The number of unbranched alkanes of at least 4 members (excludes halogenated alkanes) is 1. The molecule has 0 fully saturated rings. The van der Waals surface area contributed by atoms with Crippen LogP contribution in [0.4, 0.5) is 9.18 Å². The van der Waals surface area contributed by atoms with Crippen molar-refractivity contribution >= 4 is 6.03 Å². The summed E-state index contributed by atoms with van der Waals surface area (Å²) in [6, 6.07) is 6.37. The Hall–Kier alpha value is -1.62. The Morgan fingerprint density at radius 1 is 1.14 bits per heavy atom. The number of carbonyl (C=O) groups is 1. The Morgan fingerprint density at radius 3 is 2.62 bits per heavy atom. The van der Waals surface area contributed by atoms with E-state index < -0.39 is 0 Å². The van der Waals surface area contributed by atoms with Crippen molar-refractivity contribution in [3.63, 3.8) is 0 Å². The quantitative estimate of drug-likeness (QED) is 0.652. The number of nitrogens with one attached hydrogen (secondary N) is 2. The van der Waals surface area contributed by atoms with E-state index in [1.807, 2.05) is 0 Å². The molecule has 0 saturated carbocycles. The Bertz CT molecular complexity index is 413. The number of carbonyl (C=O) groups excluding carboxylic acids is 1. The number of ether oxygens (including phenoxy) is 1. The molecule has 1 aromatic rings. The molecule has 21 heavy (non-hydrogen) atoms. The molecule has 0 aromatic heterocycles. The third-order valence-electron chi connectivity index (χ3n) is 3.03. The van der Waals surface area contributed by atoms with Gasteiger partial charge < -0.3 is 15.4 Å². The predicted molar refractivity (Wildman–Crippen MR) is 81.8 cm³/mol. The van der Waals surface area contributed by atoms with Crippen molar-refractivity contribution in [3.05, 3.63) is 35.6 Å². The van der Waals surface area contributed by atoms with E-state index in [2.05, 4.69) is 17.6 Å². The molecule has 2 N–H and O–H groups in total. The van der Waals surface area contributed by atoms with Crippen molar-refractivity contribution in [3.8, 4) is 0 Å². The summed E-state index contributed by atoms with van der Waals surface area (Å²) in [6.45, 7) is 4.56. The van der Waals surface area contributed by atoms with Crippen molar-refractivity contribution in [2.45, 2.75) is 32.6 Å². The molecule has 0 aliphatic rings. The van der Waals surface area contributed by atoms with Gasteiger partial charge in [-0.1, -0.05) is 31.5 Å². The highest BCUT2D eigenvalue weighted by Crippen LogP contribution is 2.05. The maximum atomic E-state index is 13.3. The molecule has 5 heteroatoms. The van der Waals surface area contributed by atoms with Gasteiger partial charge in [-0.2, -0.15) is 0 Å². The van der Waals surface area contributed by atoms with Gasteiger partial charge >= 0.3 is 6.03 Å². The summed E-state index contributed by atoms with van der Waals surface area (Å²) in [5.41, 5.74) is 0.613. The normalized spacial score (nSPS) is 10.4. The number of hydrogen-bond donors (Lipinski definition) is 2. The largest absolute Gasteiger partial charge is 0.381 e. The monoisotopic (exact) mass is 296 g/mol. The Balaban J connectivity index is 2.00. The molecule has 4 nitrogen and oxygen atoms in total. The smallest absolute Gasteiger partial charge is 0.314 e. The molecule has 0 aliphatic heterocycles. The van der Waals surface area contributed by atoms with E-state index in [4.69, 9.17) is 4.74 Å². The molecule has 118 valence electrons. The van der Waals surface area contributed by atoms with Crippen LogP contribution in [0.15, 0.2) is 24.3 Å². The summed E-state index contributed by atoms with van der Waals surface area (Å²) in [5, 5.41) is 5.46. The highest BCUT2D eigenvalue weighted by Gasteiger charge is 2.02. The first-order chi connectivity index (χ1) is 10.2. The lowest BCUT2D eigenvalue weighted by Gasteiger charge is -2.08. The Morgan fingerprint density at radius 2 is 1.86 bits per heavy atom. The van der Waals surface area contributed by atoms with Crippen LogP contribution in [-0.4, -0.2) is 32.3 Å². The molecule has 1 rings (SSSR count). The van der Waals surface area contributed by atoms with Crippen molar-refractivity contribution in [2.24, 2.45) is 0 Å². The van der Waals surface area contributed by atoms with Gasteiger partial charge in [-0.05, 0) is 30.9 Å². The summed E-state index contributed by atoms with van der Waals surface area (Å²) in [7, 11) is 0. The lowest BCUT2D eigenvalue weighted by Crippen LogP contribution is -2.37. The van der Waals surface area contributed by atoms with Crippen LogP contribution in [0.5, 0.6) is 0 Å². The number of amides is 2. The predicted octanol–water partition coefficient (Wildman–Crippen LogP) is 2.87. The topological polar surface area (TPSA) is 50.4 Å². The van der Waals surface area contributed by atoms with Gasteiger partial charge in [0.05, 0.1) is 0 Å². The number of halogens is 1. The van der Waals surface area contributed by atoms with Crippen LogP contribution in [0.25, 0.3) is 0 Å². The molecular weight excluding hydrogens is 271 g/mol. The van der Waals surface area contributed by atoms with Gasteiger partial charge in [0.25, 0.3) is 0 Å². The zero-order chi connectivity index (χ0) is 15.3. The lowest BCUT2D eigenvalue weighted by atomic mass is 10.1. The van der Waals surface area contributed by atoms with Gasteiger partial charge in [0.2, 0.25) is 0 Å². The zero-order valence-corrected chi connectivity index (χ0v) is 12.7. The Kier molecular flexibility index (Phi) is 9.20. The SMILES string of the molecule is CCCCOCCCNC(=O)NCCc1ccccc1F. The fourth-order valence-electron chi connectivity index (χ4n) is 1.80. The van der Waals surface area contributed by atoms with Crippen LogP contribution in [0, 0.1) is 5.82 Å². The van der Waals surface area contributed by atoms with Gasteiger partial charge in [0.1, 0.15) is 5.82 Å². The van der Waals surface area contributed by atoms with Gasteiger partial charge in [-0.3, -0.25) is 0 Å². The fraction of sp³-hybridized carbons (Fsp3) is 0.562. The number of hydrogen-bond acceptors (Lipinski definition) is 2. The van der Waals surface area contributed by atoms with Gasteiger partial charge in [0, 0.05) is 26.3 Å². The molecule has 1 aromatic carbocycles. The van der Waals surface area contributed by atoms with Crippen molar-refractivity contribution in [2.75, 3.05) is 26.3 Å². The molecular formula is C16H25FN2O2. The minimum atomic E-state index is -0.232. The van der Waals surface area contributed by atoms with E-state index in [1.165, 1.54) is 6.07 Å². The molecule has 0 radical (unpaired) electrons. The van der Waals surface area contributed by atoms with Crippen LogP contribution >= 0.6 is 0 Å². The van der Waals surface area contributed by atoms with Crippen LogP contribution in [-0.2, 0) is 11.2 Å². The number of benzene rings is 1. The third kappa shape index (κ3) is 8.30. The fourth-order valence-corrected chi connectivity index (χ4v) is 1.80.